The minimum atomic E-state index is 0. The van der Waals surface area contributed by atoms with Gasteiger partial charge in [-0.2, -0.15) is 0 Å². The Hall–Kier alpha value is -0.530. The highest BCUT2D eigenvalue weighted by Crippen LogP contribution is 2.40. The SMILES string of the molecule is CCC1(CNC(=NC)NC2CCN(C(=O)C(C)C)CC2)CCCC1.I. The minimum Gasteiger partial charge on any atom is -0.356 e. The molecular formula is C19H37IN4O. The highest BCUT2D eigenvalue weighted by molar-refractivity contribution is 14.0. The van der Waals surface area contributed by atoms with Crippen LogP contribution in [-0.4, -0.2) is 49.5 Å². The van der Waals surface area contributed by atoms with Gasteiger partial charge in [0.15, 0.2) is 5.96 Å². The normalized spacial score (nSPS) is 21.2. The summed E-state index contributed by atoms with van der Waals surface area (Å²) in [5, 5.41) is 7.12. The minimum absolute atomic E-state index is 0. The van der Waals surface area contributed by atoms with Crippen LogP contribution >= 0.6 is 24.0 Å². The third-order valence-electron chi connectivity index (χ3n) is 5.91. The number of halogens is 1. The first-order chi connectivity index (χ1) is 11.5. The van der Waals surface area contributed by atoms with E-state index < -0.39 is 0 Å². The third-order valence-corrected chi connectivity index (χ3v) is 5.91. The van der Waals surface area contributed by atoms with E-state index in [4.69, 9.17) is 0 Å². The average Bonchev–Trinajstić information content (AvgIpc) is 3.08. The molecule has 0 aromatic carbocycles. The maximum absolute atomic E-state index is 12.1. The van der Waals surface area contributed by atoms with Crippen molar-refractivity contribution in [1.29, 1.82) is 0 Å². The van der Waals surface area contributed by atoms with E-state index in [0.717, 1.165) is 38.4 Å². The predicted molar refractivity (Wildman–Crippen MR) is 116 cm³/mol. The second-order valence-electron chi connectivity index (χ2n) is 7.89. The van der Waals surface area contributed by atoms with Crippen LogP contribution < -0.4 is 10.6 Å². The van der Waals surface area contributed by atoms with Gasteiger partial charge in [-0.3, -0.25) is 9.79 Å². The molecule has 2 rings (SSSR count). The molecule has 1 aliphatic carbocycles. The molecule has 25 heavy (non-hydrogen) atoms. The molecule has 1 saturated heterocycles. The zero-order valence-electron chi connectivity index (χ0n) is 16.4. The van der Waals surface area contributed by atoms with Crippen molar-refractivity contribution in [1.82, 2.24) is 15.5 Å². The largest absolute Gasteiger partial charge is 0.356 e. The molecule has 1 saturated carbocycles. The molecule has 0 atom stereocenters. The summed E-state index contributed by atoms with van der Waals surface area (Å²) < 4.78 is 0. The molecule has 6 heteroatoms. The molecule has 1 amide bonds. The summed E-state index contributed by atoms with van der Waals surface area (Å²) in [4.78, 5) is 18.5. The van der Waals surface area contributed by atoms with E-state index in [1.807, 2.05) is 25.8 Å². The molecule has 0 aromatic rings. The number of guanidine groups is 1. The van der Waals surface area contributed by atoms with E-state index in [2.05, 4.69) is 22.5 Å². The van der Waals surface area contributed by atoms with E-state index in [-0.39, 0.29) is 35.8 Å². The number of hydrogen-bond donors (Lipinski definition) is 2. The van der Waals surface area contributed by atoms with Gasteiger partial charge in [-0.05, 0) is 37.5 Å². The quantitative estimate of drug-likeness (QED) is 0.373. The molecule has 5 nitrogen and oxygen atoms in total. The second-order valence-corrected chi connectivity index (χ2v) is 7.89. The zero-order valence-corrected chi connectivity index (χ0v) is 18.8. The first kappa shape index (κ1) is 22.5. The Bertz CT molecular complexity index is 439. The Labute approximate surface area is 170 Å². The number of carbonyl (C=O) groups is 1. The number of carbonyl (C=O) groups excluding carboxylic acids is 1. The number of nitrogens with one attached hydrogen (secondary N) is 2. The molecule has 1 heterocycles. The number of amides is 1. The second kappa shape index (κ2) is 10.6. The van der Waals surface area contributed by atoms with Crippen LogP contribution in [0, 0.1) is 11.3 Å². The summed E-state index contributed by atoms with van der Waals surface area (Å²) in [5.74, 6) is 1.30. The van der Waals surface area contributed by atoms with Gasteiger partial charge in [-0.25, -0.2) is 0 Å². The van der Waals surface area contributed by atoms with Crippen molar-refractivity contribution in [2.45, 2.75) is 71.8 Å². The Morgan fingerprint density at radius 3 is 2.32 bits per heavy atom. The van der Waals surface area contributed by atoms with Crippen LogP contribution in [0.4, 0.5) is 0 Å². The fraction of sp³-hybridized carbons (Fsp3) is 0.895. The number of piperidine rings is 1. The summed E-state index contributed by atoms with van der Waals surface area (Å²) in [5.41, 5.74) is 0.463. The lowest BCUT2D eigenvalue weighted by atomic mass is 9.83. The van der Waals surface area contributed by atoms with Crippen molar-refractivity contribution in [3.63, 3.8) is 0 Å². The standard InChI is InChI=1S/C19H36N4O.HI/c1-5-19(10-6-7-11-19)14-21-18(20-4)22-16-8-12-23(13-9-16)17(24)15(2)3;/h15-16H,5-14H2,1-4H3,(H2,20,21,22);1H. The Balaban J connectivity index is 0.00000312. The van der Waals surface area contributed by atoms with Crippen molar-refractivity contribution in [3.8, 4) is 0 Å². The average molecular weight is 464 g/mol. The van der Waals surface area contributed by atoms with Gasteiger partial charge in [0.1, 0.15) is 0 Å². The lowest BCUT2D eigenvalue weighted by Crippen LogP contribution is -2.51. The number of hydrogen-bond acceptors (Lipinski definition) is 2. The van der Waals surface area contributed by atoms with Crippen LogP contribution in [0.2, 0.25) is 0 Å². The maximum Gasteiger partial charge on any atom is 0.225 e. The fourth-order valence-electron chi connectivity index (χ4n) is 4.05. The molecule has 2 aliphatic rings. The van der Waals surface area contributed by atoms with E-state index in [1.54, 1.807) is 0 Å². The zero-order chi connectivity index (χ0) is 17.6. The van der Waals surface area contributed by atoms with Crippen LogP contribution in [0.3, 0.4) is 0 Å². The molecule has 146 valence electrons. The van der Waals surface area contributed by atoms with Gasteiger partial charge in [-0.1, -0.05) is 33.6 Å². The van der Waals surface area contributed by atoms with Gasteiger partial charge in [-0.15, -0.1) is 24.0 Å². The fourth-order valence-corrected chi connectivity index (χ4v) is 4.05. The van der Waals surface area contributed by atoms with E-state index in [1.165, 1.54) is 32.1 Å². The summed E-state index contributed by atoms with van der Waals surface area (Å²) in [6.07, 6.45) is 8.64. The highest BCUT2D eigenvalue weighted by Gasteiger charge is 2.32. The molecule has 0 spiro atoms. The van der Waals surface area contributed by atoms with Crippen molar-refractivity contribution in [3.05, 3.63) is 0 Å². The number of likely N-dealkylation sites (tertiary alicyclic amines) is 1. The molecule has 2 fully saturated rings. The molecule has 0 bridgehead atoms. The Morgan fingerprint density at radius 2 is 1.84 bits per heavy atom. The topological polar surface area (TPSA) is 56.7 Å². The molecule has 1 aliphatic heterocycles. The molecular weight excluding hydrogens is 427 g/mol. The van der Waals surface area contributed by atoms with Crippen molar-refractivity contribution in [2.75, 3.05) is 26.7 Å². The monoisotopic (exact) mass is 464 g/mol. The Morgan fingerprint density at radius 1 is 1.24 bits per heavy atom. The summed E-state index contributed by atoms with van der Waals surface area (Å²) in [6, 6.07) is 0.411. The number of aliphatic imine (C=N–C) groups is 1. The van der Waals surface area contributed by atoms with Crippen LogP contribution in [-0.2, 0) is 4.79 Å². The van der Waals surface area contributed by atoms with Gasteiger partial charge in [0.2, 0.25) is 5.91 Å². The van der Waals surface area contributed by atoms with Gasteiger partial charge >= 0.3 is 0 Å². The van der Waals surface area contributed by atoms with Gasteiger partial charge < -0.3 is 15.5 Å². The van der Waals surface area contributed by atoms with Crippen LogP contribution in [0.1, 0.15) is 65.7 Å². The van der Waals surface area contributed by atoms with Gasteiger partial charge in [0.25, 0.3) is 0 Å². The lowest BCUT2D eigenvalue weighted by Gasteiger charge is -2.35. The smallest absolute Gasteiger partial charge is 0.225 e. The van der Waals surface area contributed by atoms with Crippen LogP contribution in [0.15, 0.2) is 4.99 Å². The number of rotatable bonds is 5. The molecule has 2 N–H and O–H groups in total. The predicted octanol–water partition coefficient (Wildman–Crippen LogP) is 3.39. The Kier molecular flexibility index (Phi) is 9.52. The van der Waals surface area contributed by atoms with E-state index >= 15 is 0 Å². The van der Waals surface area contributed by atoms with Gasteiger partial charge in [0.05, 0.1) is 0 Å². The first-order valence-electron chi connectivity index (χ1n) is 9.75. The summed E-state index contributed by atoms with van der Waals surface area (Å²) in [6.45, 7) is 8.99. The van der Waals surface area contributed by atoms with Gasteiger partial charge in [0, 0.05) is 38.6 Å². The first-order valence-corrected chi connectivity index (χ1v) is 9.75. The number of nitrogens with zero attached hydrogens (tertiary/aromatic N) is 2. The van der Waals surface area contributed by atoms with Crippen LogP contribution in [0.25, 0.3) is 0 Å². The third kappa shape index (κ3) is 6.29. The van der Waals surface area contributed by atoms with Crippen molar-refractivity contribution >= 4 is 35.8 Å². The van der Waals surface area contributed by atoms with Crippen molar-refractivity contribution in [2.24, 2.45) is 16.3 Å². The summed E-state index contributed by atoms with van der Waals surface area (Å²) >= 11 is 0. The summed E-state index contributed by atoms with van der Waals surface area (Å²) in [7, 11) is 1.85. The highest BCUT2D eigenvalue weighted by atomic mass is 127. The lowest BCUT2D eigenvalue weighted by molar-refractivity contribution is -0.135. The van der Waals surface area contributed by atoms with Crippen LogP contribution in [0.5, 0.6) is 0 Å². The molecule has 0 aromatic heterocycles. The molecule has 0 radical (unpaired) electrons. The maximum atomic E-state index is 12.1. The van der Waals surface area contributed by atoms with E-state index in [0.29, 0.717) is 11.5 Å². The van der Waals surface area contributed by atoms with Crippen molar-refractivity contribution < 1.29 is 4.79 Å². The molecule has 0 unspecified atom stereocenters. The van der Waals surface area contributed by atoms with E-state index in [9.17, 15) is 4.79 Å².